The molecule has 0 amide bonds. The highest BCUT2D eigenvalue weighted by molar-refractivity contribution is 6.34. The summed E-state index contributed by atoms with van der Waals surface area (Å²) in [5.74, 6) is 0.531. The number of methoxy groups -OCH3 is 2. The Hall–Kier alpha value is -2.62. The van der Waals surface area contributed by atoms with Gasteiger partial charge in [-0.1, -0.05) is 6.08 Å². The molecule has 114 valence electrons. The van der Waals surface area contributed by atoms with E-state index in [1.54, 1.807) is 6.08 Å². The molecule has 0 saturated heterocycles. The van der Waals surface area contributed by atoms with Crippen molar-refractivity contribution in [1.29, 1.82) is 0 Å². The third kappa shape index (κ3) is 2.72. The molecule has 0 aliphatic heterocycles. The van der Waals surface area contributed by atoms with Crippen LogP contribution in [0.15, 0.2) is 36.9 Å². The van der Waals surface area contributed by atoms with Crippen LogP contribution in [0.25, 0.3) is 5.57 Å². The Morgan fingerprint density at radius 1 is 1.18 bits per heavy atom. The molecular formula is C18H18O4. The van der Waals surface area contributed by atoms with Gasteiger partial charge in [0, 0.05) is 11.1 Å². The first kappa shape index (κ1) is 15.8. The van der Waals surface area contributed by atoms with E-state index in [1.165, 1.54) is 32.4 Å². The zero-order chi connectivity index (χ0) is 16.3. The molecular weight excluding hydrogens is 280 g/mol. The van der Waals surface area contributed by atoms with Crippen LogP contribution in [0.3, 0.4) is 0 Å². The third-order valence-electron chi connectivity index (χ3n) is 3.57. The molecule has 0 N–H and O–H groups in total. The number of carbonyl (C=O) groups is 2. The highest BCUT2D eigenvalue weighted by Gasteiger charge is 2.25. The summed E-state index contributed by atoms with van der Waals surface area (Å²) in [5.41, 5.74) is 2.77. The number of hydrogen-bond acceptors (Lipinski definition) is 4. The number of rotatable bonds is 5. The predicted molar refractivity (Wildman–Crippen MR) is 85.3 cm³/mol. The Balaban J connectivity index is 2.81. The van der Waals surface area contributed by atoms with Gasteiger partial charge in [0.15, 0.2) is 23.1 Å². The van der Waals surface area contributed by atoms with Gasteiger partial charge in [0.05, 0.1) is 14.2 Å². The van der Waals surface area contributed by atoms with Gasteiger partial charge in [-0.15, -0.1) is 6.58 Å². The number of ketones is 2. The molecule has 4 heteroatoms. The second kappa shape index (κ2) is 6.43. The molecule has 4 nitrogen and oxygen atoms in total. The molecule has 0 saturated carbocycles. The molecule has 22 heavy (non-hydrogen) atoms. The second-order valence-corrected chi connectivity index (χ2v) is 4.93. The molecule has 0 bridgehead atoms. The minimum absolute atomic E-state index is 0.221. The molecule has 0 spiro atoms. The lowest BCUT2D eigenvalue weighted by molar-refractivity contribution is -0.113. The highest BCUT2D eigenvalue weighted by atomic mass is 16.5. The normalized spacial score (nSPS) is 13.9. The maximum absolute atomic E-state index is 12.2. The summed E-state index contributed by atoms with van der Waals surface area (Å²) < 4.78 is 10.8. The Morgan fingerprint density at radius 2 is 1.91 bits per heavy atom. The van der Waals surface area contributed by atoms with E-state index >= 15 is 0 Å². The minimum atomic E-state index is -0.226. The lowest BCUT2D eigenvalue weighted by Gasteiger charge is -2.20. The molecule has 1 aromatic rings. The first-order valence-electron chi connectivity index (χ1n) is 6.87. The minimum Gasteiger partial charge on any atom is -0.493 e. The molecule has 0 radical (unpaired) electrons. The number of allylic oxidation sites excluding steroid dienone is 5. The van der Waals surface area contributed by atoms with E-state index in [0.717, 1.165) is 11.1 Å². The van der Waals surface area contributed by atoms with Crippen molar-refractivity contribution in [2.75, 3.05) is 14.2 Å². The third-order valence-corrected chi connectivity index (χ3v) is 3.57. The van der Waals surface area contributed by atoms with Gasteiger partial charge in [-0.05, 0) is 48.8 Å². The smallest absolute Gasteiger partial charge is 0.186 e. The van der Waals surface area contributed by atoms with Crippen molar-refractivity contribution < 1.29 is 19.1 Å². The SMILES string of the molecule is C=CCc1c(C)cc(OC)c(OC)c1C1=CC(=O)C=CC1=O. The number of ether oxygens (including phenoxy) is 2. The summed E-state index contributed by atoms with van der Waals surface area (Å²) in [6.07, 6.45) is 6.20. The number of hydrogen-bond donors (Lipinski definition) is 0. The Bertz CT molecular complexity index is 708. The Morgan fingerprint density at radius 3 is 2.50 bits per heavy atom. The number of aryl methyl sites for hydroxylation is 1. The molecule has 0 atom stereocenters. The van der Waals surface area contributed by atoms with Crippen LogP contribution < -0.4 is 9.47 Å². The molecule has 1 aromatic carbocycles. The summed E-state index contributed by atoms with van der Waals surface area (Å²) in [4.78, 5) is 23.9. The first-order valence-corrected chi connectivity index (χ1v) is 6.87. The van der Waals surface area contributed by atoms with E-state index in [9.17, 15) is 9.59 Å². The molecule has 1 aliphatic carbocycles. The van der Waals surface area contributed by atoms with Gasteiger partial charge in [0.1, 0.15) is 0 Å². The van der Waals surface area contributed by atoms with E-state index < -0.39 is 0 Å². The van der Waals surface area contributed by atoms with E-state index in [2.05, 4.69) is 6.58 Å². The fourth-order valence-corrected chi connectivity index (χ4v) is 2.56. The van der Waals surface area contributed by atoms with Crippen molar-refractivity contribution in [3.8, 4) is 11.5 Å². The summed E-state index contributed by atoms with van der Waals surface area (Å²) >= 11 is 0. The van der Waals surface area contributed by atoms with Crippen molar-refractivity contribution in [2.24, 2.45) is 0 Å². The zero-order valence-corrected chi connectivity index (χ0v) is 12.9. The standard InChI is InChI=1S/C18H18O4/c1-5-6-13-11(2)9-16(21-3)18(22-4)17(13)14-10-12(19)7-8-15(14)20/h5,7-10H,1,6H2,2-4H3. The van der Waals surface area contributed by atoms with Crippen LogP contribution in [-0.4, -0.2) is 25.8 Å². The van der Waals surface area contributed by atoms with Gasteiger partial charge >= 0.3 is 0 Å². The van der Waals surface area contributed by atoms with Crippen molar-refractivity contribution >= 4 is 17.1 Å². The van der Waals surface area contributed by atoms with Crippen LogP contribution in [0.5, 0.6) is 11.5 Å². The number of carbonyl (C=O) groups excluding carboxylic acids is 2. The van der Waals surface area contributed by atoms with Gasteiger partial charge in [-0.2, -0.15) is 0 Å². The fourth-order valence-electron chi connectivity index (χ4n) is 2.56. The average Bonchev–Trinajstić information content (AvgIpc) is 2.51. The van der Waals surface area contributed by atoms with Crippen LogP contribution in [0, 0.1) is 6.92 Å². The monoisotopic (exact) mass is 298 g/mol. The maximum Gasteiger partial charge on any atom is 0.186 e. The number of benzene rings is 1. The molecule has 1 aliphatic rings. The molecule has 0 fully saturated rings. The maximum atomic E-state index is 12.2. The quantitative estimate of drug-likeness (QED) is 0.619. The van der Waals surface area contributed by atoms with Crippen molar-refractivity contribution in [2.45, 2.75) is 13.3 Å². The second-order valence-electron chi connectivity index (χ2n) is 4.93. The highest BCUT2D eigenvalue weighted by Crippen LogP contribution is 2.41. The van der Waals surface area contributed by atoms with Crippen LogP contribution >= 0.6 is 0 Å². The van der Waals surface area contributed by atoms with E-state index in [1.807, 2.05) is 13.0 Å². The molecule has 0 unspecified atom stereocenters. The summed E-state index contributed by atoms with van der Waals surface area (Å²) in [6, 6.07) is 1.85. The van der Waals surface area contributed by atoms with Crippen LogP contribution in [0.1, 0.15) is 16.7 Å². The van der Waals surface area contributed by atoms with Crippen molar-refractivity contribution in [3.63, 3.8) is 0 Å². The Labute approximate surface area is 129 Å². The summed E-state index contributed by atoms with van der Waals surface area (Å²) in [6.45, 7) is 5.68. The van der Waals surface area contributed by atoms with E-state index in [4.69, 9.17) is 9.47 Å². The van der Waals surface area contributed by atoms with Gasteiger partial charge < -0.3 is 9.47 Å². The van der Waals surface area contributed by atoms with E-state index in [0.29, 0.717) is 29.1 Å². The van der Waals surface area contributed by atoms with Crippen molar-refractivity contribution in [1.82, 2.24) is 0 Å². The summed E-state index contributed by atoms with van der Waals surface area (Å²) in [5, 5.41) is 0. The van der Waals surface area contributed by atoms with Crippen LogP contribution in [-0.2, 0) is 16.0 Å². The largest absolute Gasteiger partial charge is 0.493 e. The average molecular weight is 298 g/mol. The lowest BCUT2D eigenvalue weighted by atomic mass is 9.88. The lowest BCUT2D eigenvalue weighted by Crippen LogP contribution is -2.11. The fraction of sp³-hybridized carbons (Fsp3) is 0.222. The van der Waals surface area contributed by atoms with Gasteiger partial charge in [0.25, 0.3) is 0 Å². The van der Waals surface area contributed by atoms with E-state index in [-0.39, 0.29) is 11.6 Å². The van der Waals surface area contributed by atoms with Crippen LogP contribution in [0.2, 0.25) is 0 Å². The zero-order valence-electron chi connectivity index (χ0n) is 12.9. The first-order chi connectivity index (χ1) is 10.5. The molecule has 0 heterocycles. The van der Waals surface area contributed by atoms with Gasteiger partial charge in [-0.25, -0.2) is 0 Å². The molecule has 2 rings (SSSR count). The van der Waals surface area contributed by atoms with Crippen molar-refractivity contribution in [3.05, 3.63) is 53.6 Å². The molecule has 0 aromatic heterocycles. The predicted octanol–water partition coefficient (Wildman–Crippen LogP) is 2.83. The van der Waals surface area contributed by atoms with Crippen LogP contribution in [0.4, 0.5) is 0 Å². The summed E-state index contributed by atoms with van der Waals surface area (Å²) in [7, 11) is 3.05. The van der Waals surface area contributed by atoms with Gasteiger partial charge in [0.2, 0.25) is 0 Å². The van der Waals surface area contributed by atoms with Gasteiger partial charge in [-0.3, -0.25) is 9.59 Å². The topological polar surface area (TPSA) is 52.6 Å². The Kier molecular flexibility index (Phi) is 4.61.